The van der Waals surface area contributed by atoms with E-state index < -0.39 is 6.04 Å². The van der Waals surface area contributed by atoms with Crippen molar-refractivity contribution in [1.29, 1.82) is 0 Å². The molecule has 2 fully saturated rings. The van der Waals surface area contributed by atoms with Crippen molar-refractivity contribution in [2.75, 3.05) is 44.3 Å². The molecule has 0 bridgehead atoms. The number of carbonyl (C=O) groups is 3. The molecule has 0 N–H and O–H groups in total. The van der Waals surface area contributed by atoms with E-state index in [0.29, 0.717) is 36.9 Å². The fraction of sp³-hybridized carbons (Fsp3) is 0.381. The van der Waals surface area contributed by atoms with Gasteiger partial charge in [0.15, 0.2) is 0 Å². The Balaban J connectivity index is 1.55. The minimum atomic E-state index is -0.779. The quantitative estimate of drug-likeness (QED) is 0.676. The van der Waals surface area contributed by atoms with Crippen LogP contribution >= 0.6 is 11.3 Å². The maximum absolute atomic E-state index is 13.2. The number of rotatable bonds is 6. The molecule has 0 radical (unpaired) electrons. The number of ether oxygens (including phenoxy) is 1. The molecule has 1 atom stereocenters. The lowest BCUT2D eigenvalue weighted by atomic mass is 10.2. The Hall–Kier alpha value is -2.55. The Kier molecular flexibility index (Phi) is 6.03. The van der Waals surface area contributed by atoms with Crippen molar-refractivity contribution < 1.29 is 19.1 Å². The Morgan fingerprint density at radius 2 is 1.86 bits per heavy atom. The monoisotopic (exact) mass is 413 g/mol. The normalized spacial score (nSPS) is 20.3. The summed E-state index contributed by atoms with van der Waals surface area (Å²) >= 11 is 1.34. The fourth-order valence-electron chi connectivity index (χ4n) is 3.72. The third-order valence-electron chi connectivity index (χ3n) is 5.27. The summed E-state index contributed by atoms with van der Waals surface area (Å²) in [5.41, 5.74) is 0.543. The van der Waals surface area contributed by atoms with Crippen LogP contribution in [-0.4, -0.2) is 73.0 Å². The minimum absolute atomic E-state index is 0.00789. The largest absolute Gasteiger partial charge is 0.379 e. The van der Waals surface area contributed by atoms with E-state index in [1.54, 1.807) is 35.2 Å². The van der Waals surface area contributed by atoms with Gasteiger partial charge in [0.25, 0.3) is 11.8 Å². The van der Waals surface area contributed by atoms with Gasteiger partial charge in [-0.15, -0.1) is 11.3 Å². The van der Waals surface area contributed by atoms with Crippen LogP contribution in [-0.2, 0) is 14.3 Å². The number of para-hydroxylation sites is 1. The molecule has 29 heavy (non-hydrogen) atoms. The van der Waals surface area contributed by atoms with Crippen molar-refractivity contribution in [1.82, 2.24) is 9.80 Å². The van der Waals surface area contributed by atoms with Gasteiger partial charge in [0.2, 0.25) is 5.91 Å². The van der Waals surface area contributed by atoms with Crippen molar-refractivity contribution in [2.45, 2.75) is 12.5 Å². The van der Waals surface area contributed by atoms with Gasteiger partial charge in [0.1, 0.15) is 6.04 Å². The van der Waals surface area contributed by atoms with Crippen molar-refractivity contribution in [3.63, 3.8) is 0 Å². The predicted octanol–water partition coefficient (Wildman–Crippen LogP) is 1.85. The molecule has 0 spiro atoms. The molecule has 7 nitrogen and oxygen atoms in total. The van der Waals surface area contributed by atoms with Gasteiger partial charge in [-0.25, -0.2) is 4.90 Å². The molecule has 2 aliphatic heterocycles. The summed E-state index contributed by atoms with van der Waals surface area (Å²) in [6, 6.07) is 11.7. The second-order valence-corrected chi connectivity index (χ2v) is 8.00. The molecule has 8 heteroatoms. The molecule has 2 saturated heterocycles. The summed E-state index contributed by atoms with van der Waals surface area (Å²) in [4.78, 5) is 44.6. The molecule has 0 aliphatic carbocycles. The number of amides is 3. The second-order valence-electron chi connectivity index (χ2n) is 7.05. The number of imide groups is 1. The number of anilines is 1. The first-order valence-electron chi connectivity index (χ1n) is 9.71. The van der Waals surface area contributed by atoms with Crippen LogP contribution < -0.4 is 4.90 Å². The number of thiophene rings is 1. The van der Waals surface area contributed by atoms with Gasteiger partial charge in [-0.1, -0.05) is 24.3 Å². The molecule has 4 rings (SSSR count). The Labute approximate surface area is 173 Å². The number of hydrogen-bond donors (Lipinski definition) is 0. The topological polar surface area (TPSA) is 70.2 Å². The van der Waals surface area contributed by atoms with Crippen molar-refractivity contribution in [3.05, 3.63) is 52.7 Å². The molecule has 2 aliphatic rings. The van der Waals surface area contributed by atoms with Crippen LogP contribution in [0.3, 0.4) is 0 Å². The van der Waals surface area contributed by atoms with E-state index in [1.165, 1.54) is 16.2 Å². The average molecular weight is 413 g/mol. The first-order valence-corrected chi connectivity index (χ1v) is 10.6. The van der Waals surface area contributed by atoms with Gasteiger partial charge in [-0.2, -0.15) is 0 Å². The van der Waals surface area contributed by atoms with Gasteiger partial charge < -0.3 is 9.64 Å². The Bertz CT molecular complexity index is 865. The van der Waals surface area contributed by atoms with Crippen LogP contribution in [0, 0.1) is 0 Å². The molecule has 152 valence electrons. The first-order chi connectivity index (χ1) is 14.1. The van der Waals surface area contributed by atoms with E-state index in [4.69, 9.17) is 4.74 Å². The number of benzene rings is 1. The zero-order valence-electron chi connectivity index (χ0n) is 16.0. The van der Waals surface area contributed by atoms with Crippen LogP contribution in [0.1, 0.15) is 16.1 Å². The zero-order valence-corrected chi connectivity index (χ0v) is 16.8. The van der Waals surface area contributed by atoms with Crippen LogP contribution in [0.25, 0.3) is 0 Å². The molecular weight excluding hydrogens is 390 g/mol. The van der Waals surface area contributed by atoms with Crippen molar-refractivity contribution in [2.24, 2.45) is 0 Å². The fourth-order valence-corrected chi connectivity index (χ4v) is 4.40. The summed E-state index contributed by atoms with van der Waals surface area (Å²) in [6.45, 7) is 3.97. The first kappa shape index (κ1) is 19.8. The maximum atomic E-state index is 13.2. The standard InChI is InChI=1S/C21H23N3O4S/c25-19-15-17(20(26)24(19)16-5-2-1-3-6-16)23(21(27)18-7-4-14-29-18)9-8-22-10-12-28-13-11-22/h1-7,14,17H,8-13,15H2. The highest BCUT2D eigenvalue weighted by atomic mass is 32.1. The van der Waals surface area contributed by atoms with E-state index in [0.717, 1.165) is 13.1 Å². The van der Waals surface area contributed by atoms with Crippen LogP contribution in [0.4, 0.5) is 5.69 Å². The van der Waals surface area contributed by atoms with E-state index in [-0.39, 0.29) is 24.1 Å². The second kappa shape index (κ2) is 8.86. The maximum Gasteiger partial charge on any atom is 0.264 e. The van der Waals surface area contributed by atoms with Crippen LogP contribution in [0.15, 0.2) is 47.8 Å². The molecule has 3 heterocycles. The molecule has 1 unspecified atom stereocenters. The number of hydrogen-bond acceptors (Lipinski definition) is 6. The van der Waals surface area contributed by atoms with Gasteiger partial charge in [-0.3, -0.25) is 19.3 Å². The minimum Gasteiger partial charge on any atom is -0.379 e. The number of morpholine rings is 1. The smallest absolute Gasteiger partial charge is 0.264 e. The highest BCUT2D eigenvalue weighted by Crippen LogP contribution is 2.27. The Morgan fingerprint density at radius 1 is 1.10 bits per heavy atom. The summed E-state index contributed by atoms with van der Waals surface area (Å²) in [6.07, 6.45) is 0.00789. The van der Waals surface area contributed by atoms with Crippen LogP contribution in [0.5, 0.6) is 0 Å². The molecule has 1 aromatic heterocycles. The SMILES string of the molecule is O=C1CC(N(CCN2CCOCC2)C(=O)c2cccs2)C(=O)N1c1ccccc1. The zero-order chi connectivity index (χ0) is 20.2. The van der Waals surface area contributed by atoms with E-state index >= 15 is 0 Å². The number of carbonyl (C=O) groups excluding carboxylic acids is 3. The van der Waals surface area contributed by atoms with Gasteiger partial charge >= 0.3 is 0 Å². The lowest BCUT2D eigenvalue weighted by molar-refractivity contribution is -0.122. The third-order valence-corrected chi connectivity index (χ3v) is 6.12. The third kappa shape index (κ3) is 4.24. The lowest BCUT2D eigenvalue weighted by Crippen LogP contribution is -2.49. The Morgan fingerprint density at radius 3 is 2.55 bits per heavy atom. The molecule has 0 saturated carbocycles. The summed E-state index contributed by atoms with van der Waals surface area (Å²) in [5.74, 6) is -0.816. The van der Waals surface area contributed by atoms with Crippen LogP contribution in [0.2, 0.25) is 0 Å². The predicted molar refractivity (Wildman–Crippen MR) is 110 cm³/mol. The van der Waals surface area contributed by atoms with Crippen molar-refractivity contribution >= 4 is 34.7 Å². The molecular formula is C21H23N3O4S. The van der Waals surface area contributed by atoms with Crippen molar-refractivity contribution in [3.8, 4) is 0 Å². The number of nitrogens with zero attached hydrogens (tertiary/aromatic N) is 3. The van der Waals surface area contributed by atoms with E-state index in [9.17, 15) is 14.4 Å². The summed E-state index contributed by atoms with van der Waals surface area (Å²) < 4.78 is 5.38. The lowest BCUT2D eigenvalue weighted by Gasteiger charge is -2.32. The summed E-state index contributed by atoms with van der Waals surface area (Å²) in [7, 11) is 0. The summed E-state index contributed by atoms with van der Waals surface area (Å²) in [5, 5.41) is 1.84. The average Bonchev–Trinajstić information content (AvgIpc) is 3.38. The van der Waals surface area contributed by atoms with Gasteiger partial charge in [-0.05, 0) is 23.6 Å². The highest BCUT2D eigenvalue weighted by Gasteiger charge is 2.44. The molecule has 2 aromatic rings. The molecule has 1 aromatic carbocycles. The van der Waals surface area contributed by atoms with E-state index in [2.05, 4.69) is 4.90 Å². The molecule has 3 amide bonds. The van der Waals surface area contributed by atoms with Gasteiger partial charge in [0.05, 0.1) is 30.2 Å². The highest BCUT2D eigenvalue weighted by molar-refractivity contribution is 7.12. The van der Waals surface area contributed by atoms with E-state index in [1.807, 2.05) is 17.5 Å². The van der Waals surface area contributed by atoms with Gasteiger partial charge in [0, 0.05) is 26.2 Å².